The number of ketones is 1. The monoisotopic (exact) mass is 510 g/mol. The van der Waals surface area contributed by atoms with E-state index in [4.69, 9.17) is 4.74 Å². The van der Waals surface area contributed by atoms with Crippen LogP contribution in [0.3, 0.4) is 0 Å². The van der Waals surface area contributed by atoms with Crippen molar-refractivity contribution in [1.82, 2.24) is 4.90 Å². The summed E-state index contributed by atoms with van der Waals surface area (Å²) in [5.41, 5.74) is 5.83. The van der Waals surface area contributed by atoms with E-state index in [9.17, 15) is 14.7 Å². The van der Waals surface area contributed by atoms with E-state index in [0.29, 0.717) is 17.9 Å². The molecule has 1 unspecified atom stereocenters. The van der Waals surface area contributed by atoms with Gasteiger partial charge in [-0.15, -0.1) is 0 Å². The van der Waals surface area contributed by atoms with Gasteiger partial charge in [-0.1, -0.05) is 36.4 Å². The van der Waals surface area contributed by atoms with Gasteiger partial charge in [0.15, 0.2) is 0 Å². The number of benzene rings is 3. The van der Waals surface area contributed by atoms with Gasteiger partial charge in [0.25, 0.3) is 11.7 Å². The number of ether oxygens (including phenoxy) is 1. The Morgan fingerprint density at radius 3 is 2.42 bits per heavy atom. The molecule has 1 amide bonds. The largest absolute Gasteiger partial charge is 0.507 e. The maximum absolute atomic E-state index is 13.5. The molecule has 2 aliphatic rings. The van der Waals surface area contributed by atoms with Gasteiger partial charge in [-0.05, 0) is 85.2 Å². The summed E-state index contributed by atoms with van der Waals surface area (Å²) in [6, 6.07) is 20.5. The van der Waals surface area contributed by atoms with Gasteiger partial charge >= 0.3 is 0 Å². The summed E-state index contributed by atoms with van der Waals surface area (Å²) in [4.78, 5) is 30.5. The third-order valence-electron chi connectivity index (χ3n) is 7.45. The van der Waals surface area contributed by atoms with Crippen molar-refractivity contribution in [3.63, 3.8) is 0 Å². The molecule has 5 rings (SSSR count). The number of likely N-dealkylation sites (tertiary alicyclic amines) is 1. The summed E-state index contributed by atoms with van der Waals surface area (Å²) in [5.74, 6) is -0.692. The van der Waals surface area contributed by atoms with Crippen LogP contribution in [0.15, 0.2) is 72.3 Å². The van der Waals surface area contributed by atoms with Gasteiger partial charge < -0.3 is 19.6 Å². The smallest absolute Gasteiger partial charge is 0.295 e. The Labute approximate surface area is 224 Å². The van der Waals surface area contributed by atoms with E-state index in [1.54, 1.807) is 4.90 Å². The summed E-state index contributed by atoms with van der Waals surface area (Å²) in [6.07, 6.45) is 4.26. The van der Waals surface area contributed by atoms with Crippen molar-refractivity contribution in [2.75, 3.05) is 25.6 Å². The molecule has 3 aromatic rings. The lowest BCUT2D eigenvalue weighted by molar-refractivity contribution is -0.140. The number of aliphatic hydroxyl groups excluding tert-OH is 1. The van der Waals surface area contributed by atoms with Crippen molar-refractivity contribution in [2.45, 2.75) is 45.2 Å². The zero-order valence-corrected chi connectivity index (χ0v) is 22.2. The maximum Gasteiger partial charge on any atom is 0.295 e. The van der Waals surface area contributed by atoms with Crippen molar-refractivity contribution in [3.8, 4) is 5.75 Å². The lowest BCUT2D eigenvalue weighted by Gasteiger charge is -2.26. The molecule has 0 radical (unpaired) electrons. The number of hydrogen-bond donors (Lipinski definition) is 1. The second-order valence-electron chi connectivity index (χ2n) is 10.2. The molecule has 196 valence electrons. The molecule has 1 fully saturated rings. The van der Waals surface area contributed by atoms with E-state index in [1.165, 1.54) is 11.1 Å². The molecule has 3 aromatic carbocycles. The second kappa shape index (κ2) is 10.7. The minimum atomic E-state index is -0.710. The number of carbonyl (C=O) groups excluding carboxylic acids is 2. The number of amides is 1. The standard InChI is InChI=1S/C32H34N2O4/c1-4-38-27-11-7-8-21(18-27)20-34-29(23-14-16-26(17-15-23)33(2)3)28(31(36)32(34)37)30(35)25-13-12-22-9-5-6-10-24(22)19-25/h7-8,11-19,29,35H,4-6,9-10,20H2,1-3H3/b30-28-. The zero-order chi connectivity index (χ0) is 26.8. The molecule has 1 N–H and O–H groups in total. The van der Waals surface area contributed by atoms with Crippen LogP contribution in [0, 0.1) is 0 Å². The van der Waals surface area contributed by atoms with E-state index in [1.807, 2.05) is 92.6 Å². The van der Waals surface area contributed by atoms with Crippen LogP contribution in [0.25, 0.3) is 5.76 Å². The van der Waals surface area contributed by atoms with Crippen molar-refractivity contribution in [3.05, 3.63) is 100 Å². The lowest BCUT2D eigenvalue weighted by atomic mass is 9.88. The van der Waals surface area contributed by atoms with Gasteiger partial charge in [-0.25, -0.2) is 0 Å². The molecule has 6 heteroatoms. The van der Waals surface area contributed by atoms with E-state index in [0.717, 1.165) is 42.5 Å². The first kappa shape index (κ1) is 25.6. The maximum atomic E-state index is 13.5. The first-order valence-corrected chi connectivity index (χ1v) is 13.3. The summed E-state index contributed by atoms with van der Waals surface area (Å²) < 4.78 is 5.64. The highest BCUT2D eigenvalue weighted by atomic mass is 16.5. The Morgan fingerprint density at radius 1 is 0.974 bits per heavy atom. The van der Waals surface area contributed by atoms with Crippen LogP contribution < -0.4 is 9.64 Å². The van der Waals surface area contributed by atoms with Crippen LogP contribution in [0.4, 0.5) is 5.69 Å². The molecule has 0 saturated carbocycles. The fourth-order valence-corrected chi connectivity index (χ4v) is 5.48. The molecule has 1 aliphatic carbocycles. The van der Waals surface area contributed by atoms with Crippen LogP contribution in [-0.4, -0.2) is 42.4 Å². The van der Waals surface area contributed by atoms with E-state index in [-0.39, 0.29) is 17.9 Å². The molecule has 6 nitrogen and oxygen atoms in total. The highest BCUT2D eigenvalue weighted by Crippen LogP contribution is 2.41. The Balaban J connectivity index is 1.60. The van der Waals surface area contributed by atoms with Crippen molar-refractivity contribution >= 4 is 23.1 Å². The highest BCUT2D eigenvalue weighted by Gasteiger charge is 2.46. The molecule has 0 aromatic heterocycles. The number of nitrogens with zero attached hydrogens (tertiary/aromatic N) is 2. The predicted molar refractivity (Wildman–Crippen MR) is 149 cm³/mol. The molecule has 0 bridgehead atoms. The summed E-state index contributed by atoms with van der Waals surface area (Å²) in [7, 11) is 3.92. The van der Waals surface area contributed by atoms with Crippen LogP contribution in [0.5, 0.6) is 5.75 Å². The highest BCUT2D eigenvalue weighted by molar-refractivity contribution is 6.46. The molecule has 1 heterocycles. The topological polar surface area (TPSA) is 70.1 Å². The van der Waals surface area contributed by atoms with Crippen LogP contribution >= 0.6 is 0 Å². The number of anilines is 1. The molecule has 1 saturated heterocycles. The molecule has 1 aliphatic heterocycles. The van der Waals surface area contributed by atoms with Crippen LogP contribution in [0.1, 0.15) is 53.6 Å². The molecule has 1 atom stereocenters. The van der Waals surface area contributed by atoms with Gasteiger partial charge in [0, 0.05) is 31.9 Å². The van der Waals surface area contributed by atoms with Gasteiger partial charge in [-0.2, -0.15) is 0 Å². The average Bonchev–Trinajstić information content (AvgIpc) is 3.17. The fraction of sp³-hybridized carbons (Fsp3) is 0.312. The van der Waals surface area contributed by atoms with Gasteiger partial charge in [0.1, 0.15) is 11.5 Å². The van der Waals surface area contributed by atoms with Crippen LogP contribution in [-0.2, 0) is 29.0 Å². The van der Waals surface area contributed by atoms with Crippen molar-refractivity contribution in [2.24, 2.45) is 0 Å². The molecular weight excluding hydrogens is 476 g/mol. The zero-order valence-electron chi connectivity index (χ0n) is 22.2. The molecule has 38 heavy (non-hydrogen) atoms. The lowest BCUT2D eigenvalue weighted by Crippen LogP contribution is -2.29. The minimum absolute atomic E-state index is 0.121. The number of fused-ring (bicyclic) bond motifs is 1. The van der Waals surface area contributed by atoms with Crippen molar-refractivity contribution < 1.29 is 19.4 Å². The number of aliphatic hydroxyl groups is 1. The Kier molecular flexibility index (Phi) is 7.23. The number of hydrogen-bond acceptors (Lipinski definition) is 5. The van der Waals surface area contributed by atoms with E-state index >= 15 is 0 Å². The quantitative estimate of drug-likeness (QED) is 0.253. The van der Waals surface area contributed by atoms with Crippen LogP contribution in [0.2, 0.25) is 0 Å². The SMILES string of the molecule is CCOc1cccc(CN2C(=O)C(=O)/C(=C(\O)c3ccc4c(c3)CCCC4)C2c2ccc(N(C)C)cc2)c1. The van der Waals surface area contributed by atoms with Gasteiger partial charge in [0.05, 0.1) is 18.2 Å². The molecule has 0 spiro atoms. The Bertz CT molecular complexity index is 1390. The third kappa shape index (κ3) is 4.91. The average molecular weight is 511 g/mol. The number of carbonyl (C=O) groups is 2. The Hall–Kier alpha value is -4.06. The summed E-state index contributed by atoms with van der Waals surface area (Å²) >= 11 is 0. The fourth-order valence-electron chi connectivity index (χ4n) is 5.48. The number of rotatable bonds is 7. The summed E-state index contributed by atoms with van der Waals surface area (Å²) in [5, 5.41) is 11.5. The third-order valence-corrected chi connectivity index (χ3v) is 7.45. The Morgan fingerprint density at radius 2 is 1.71 bits per heavy atom. The predicted octanol–water partition coefficient (Wildman–Crippen LogP) is 5.65. The minimum Gasteiger partial charge on any atom is -0.507 e. The first-order valence-electron chi connectivity index (χ1n) is 13.3. The van der Waals surface area contributed by atoms with Gasteiger partial charge in [-0.3, -0.25) is 9.59 Å². The van der Waals surface area contributed by atoms with E-state index in [2.05, 4.69) is 0 Å². The first-order chi connectivity index (χ1) is 18.4. The normalized spacial score (nSPS) is 18.4. The van der Waals surface area contributed by atoms with Crippen molar-refractivity contribution in [1.29, 1.82) is 0 Å². The summed E-state index contributed by atoms with van der Waals surface area (Å²) in [6.45, 7) is 2.67. The number of Topliss-reactive ketones (excluding diaryl/α,β-unsaturated/α-hetero) is 1. The second-order valence-corrected chi connectivity index (χ2v) is 10.2. The molecular formula is C32H34N2O4. The van der Waals surface area contributed by atoms with Gasteiger partial charge in [0.2, 0.25) is 0 Å². The van der Waals surface area contributed by atoms with E-state index < -0.39 is 17.7 Å². The number of aryl methyl sites for hydroxylation is 2.